The van der Waals surface area contributed by atoms with Crippen LogP contribution in [0.3, 0.4) is 0 Å². The first-order valence-electron chi connectivity index (χ1n) is 6.52. The van der Waals surface area contributed by atoms with Gasteiger partial charge in [-0.25, -0.2) is 4.98 Å². The number of fused-ring (bicyclic) bond motifs is 1. The average molecular weight is 269 g/mol. The SMILES string of the molecule is Cc1nc(CCN2C(=O)c3ccccc3C2=O)cn1C. The molecule has 0 unspecified atom stereocenters. The van der Waals surface area contributed by atoms with Gasteiger partial charge < -0.3 is 4.57 Å². The molecule has 0 aliphatic carbocycles. The number of aromatic nitrogens is 2. The lowest BCUT2D eigenvalue weighted by atomic mass is 10.1. The minimum absolute atomic E-state index is 0.210. The van der Waals surface area contributed by atoms with Crippen LogP contribution in [-0.2, 0) is 13.5 Å². The number of aryl methyl sites for hydroxylation is 2. The normalized spacial score (nSPS) is 14.0. The standard InChI is InChI=1S/C15H15N3O2/c1-10-16-11(9-17(10)2)7-8-18-14(19)12-5-3-4-6-13(12)15(18)20/h3-6,9H,7-8H2,1-2H3. The Morgan fingerprint density at radius 1 is 1.10 bits per heavy atom. The highest BCUT2D eigenvalue weighted by atomic mass is 16.2. The molecule has 5 heteroatoms. The summed E-state index contributed by atoms with van der Waals surface area (Å²) < 4.78 is 1.93. The number of carbonyl (C=O) groups excluding carboxylic acids is 2. The van der Waals surface area contributed by atoms with Gasteiger partial charge in [0.2, 0.25) is 0 Å². The summed E-state index contributed by atoms with van der Waals surface area (Å²) in [5.41, 5.74) is 1.88. The molecule has 1 aromatic carbocycles. The molecule has 0 spiro atoms. The third-order valence-electron chi connectivity index (χ3n) is 3.63. The molecule has 2 amide bonds. The van der Waals surface area contributed by atoms with Crippen LogP contribution in [0.4, 0.5) is 0 Å². The van der Waals surface area contributed by atoms with Crippen molar-refractivity contribution in [3.05, 3.63) is 53.1 Å². The molecular formula is C15H15N3O2. The fourth-order valence-corrected chi connectivity index (χ4v) is 2.42. The van der Waals surface area contributed by atoms with Gasteiger partial charge in [0.15, 0.2) is 0 Å². The van der Waals surface area contributed by atoms with Crippen molar-refractivity contribution >= 4 is 11.8 Å². The van der Waals surface area contributed by atoms with Crippen LogP contribution in [0, 0.1) is 6.92 Å². The molecule has 2 aromatic rings. The van der Waals surface area contributed by atoms with E-state index in [9.17, 15) is 9.59 Å². The van der Waals surface area contributed by atoms with E-state index in [4.69, 9.17) is 0 Å². The molecule has 102 valence electrons. The predicted molar refractivity (Wildman–Crippen MR) is 73.5 cm³/mol. The van der Waals surface area contributed by atoms with Crippen molar-refractivity contribution in [3.8, 4) is 0 Å². The van der Waals surface area contributed by atoms with Gasteiger partial charge in [0.25, 0.3) is 11.8 Å². The molecule has 0 saturated heterocycles. The molecule has 2 heterocycles. The highest BCUT2D eigenvalue weighted by molar-refractivity contribution is 6.21. The molecule has 1 aliphatic heterocycles. The number of hydrogen-bond acceptors (Lipinski definition) is 3. The Labute approximate surface area is 116 Å². The summed E-state index contributed by atoms with van der Waals surface area (Å²) in [4.78, 5) is 30.0. The van der Waals surface area contributed by atoms with Crippen LogP contribution >= 0.6 is 0 Å². The summed E-state index contributed by atoms with van der Waals surface area (Å²) in [6, 6.07) is 6.94. The molecule has 0 bridgehead atoms. The Kier molecular flexibility index (Phi) is 2.89. The highest BCUT2D eigenvalue weighted by Gasteiger charge is 2.34. The van der Waals surface area contributed by atoms with Crippen molar-refractivity contribution in [1.29, 1.82) is 0 Å². The first kappa shape index (κ1) is 12.6. The fourth-order valence-electron chi connectivity index (χ4n) is 2.42. The summed E-state index contributed by atoms with van der Waals surface area (Å²) >= 11 is 0. The van der Waals surface area contributed by atoms with E-state index in [0.29, 0.717) is 24.1 Å². The maximum Gasteiger partial charge on any atom is 0.261 e. The zero-order chi connectivity index (χ0) is 14.3. The van der Waals surface area contributed by atoms with Crippen molar-refractivity contribution < 1.29 is 9.59 Å². The molecular weight excluding hydrogens is 254 g/mol. The van der Waals surface area contributed by atoms with E-state index in [1.54, 1.807) is 24.3 Å². The molecule has 0 radical (unpaired) electrons. The lowest BCUT2D eigenvalue weighted by molar-refractivity contribution is 0.0656. The minimum atomic E-state index is -0.210. The summed E-state index contributed by atoms with van der Waals surface area (Å²) in [5.74, 6) is 0.499. The van der Waals surface area contributed by atoms with Crippen LogP contribution in [0.5, 0.6) is 0 Å². The largest absolute Gasteiger partial charge is 0.338 e. The number of rotatable bonds is 3. The number of imidazole rings is 1. The second-order valence-corrected chi connectivity index (χ2v) is 4.95. The summed E-state index contributed by atoms with van der Waals surface area (Å²) in [6.45, 7) is 2.29. The zero-order valence-electron chi connectivity index (χ0n) is 11.5. The van der Waals surface area contributed by atoms with Gasteiger partial charge in [-0.1, -0.05) is 12.1 Å². The number of benzene rings is 1. The maximum atomic E-state index is 12.2. The van der Waals surface area contributed by atoms with Crippen molar-refractivity contribution in [3.63, 3.8) is 0 Å². The Morgan fingerprint density at radius 3 is 2.20 bits per heavy atom. The van der Waals surface area contributed by atoms with Crippen molar-refractivity contribution in [1.82, 2.24) is 14.5 Å². The van der Waals surface area contributed by atoms with Crippen molar-refractivity contribution in [2.24, 2.45) is 7.05 Å². The second-order valence-electron chi connectivity index (χ2n) is 4.95. The van der Waals surface area contributed by atoms with Gasteiger partial charge in [0.1, 0.15) is 5.82 Å². The summed E-state index contributed by atoms with van der Waals surface area (Å²) in [7, 11) is 1.92. The molecule has 0 saturated carbocycles. The van der Waals surface area contributed by atoms with Gasteiger partial charge in [-0.15, -0.1) is 0 Å². The van der Waals surface area contributed by atoms with E-state index in [1.807, 2.05) is 24.7 Å². The Morgan fingerprint density at radius 2 is 1.70 bits per heavy atom. The molecule has 1 aliphatic rings. The van der Waals surface area contributed by atoms with E-state index in [0.717, 1.165) is 11.5 Å². The number of amides is 2. The van der Waals surface area contributed by atoms with Gasteiger partial charge in [-0.05, 0) is 19.1 Å². The molecule has 20 heavy (non-hydrogen) atoms. The van der Waals surface area contributed by atoms with E-state index < -0.39 is 0 Å². The van der Waals surface area contributed by atoms with Crippen LogP contribution in [0.2, 0.25) is 0 Å². The third-order valence-corrected chi connectivity index (χ3v) is 3.63. The predicted octanol–water partition coefficient (Wildman–Crippen LogP) is 1.57. The highest BCUT2D eigenvalue weighted by Crippen LogP contribution is 2.22. The number of nitrogens with zero attached hydrogens (tertiary/aromatic N) is 3. The fraction of sp³-hybridized carbons (Fsp3) is 0.267. The third kappa shape index (κ3) is 1.91. The van der Waals surface area contributed by atoms with E-state index in [1.165, 1.54) is 4.90 Å². The van der Waals surface area contributed by atoms with Gasteiger partial charge >= 0.3 is 0 Å². The zero-order valence-corrected chi connectivity index (χ0v) is 11.5. The molecule has 0 atom stereocenters. The first-order valence-corrected chi connectivity index (χ1v) is 6.52. The molecule has 0 N–H and O–H groups in total. The van der Waals surface area contributed by atoms with Gasteiger partial charge in [-0.2, -0.15) is 0 Å². The molecule has 3 rings (SSSR count). The van der Waals surface area contributed by atoms with Crippen LogP contribution in [0.1, 0.15) is 32.2 Å². The molecule has 5 nitrogen and oxygen atoms in total. The average Bonchev–Trinajstić information content (AvgIpc) is 2.88. The monoisotopic (exact) mass is 269 g/mol. The number of imide groups is 1. The van der Waals surface area contributed by atoms with Crippen molar-refractivity contribution in [2.45, 2.75) is 13.3 Å². The summed E-state index contributed by atoms with van der Waals surface area (Å²) in [5, 5.41) is 0. The molecule has 0 fully saturated rings. The maximum absolute atomic E-state index is 12.2. The van der Waals surface area contributed by atoms with Gasteiger partial charge in [0.05, 0.1) is 16.8 Å². The lowest BCUT2D eigenvalue weighted by Crippen LogP contribution is -2.31. The van der Waals surface area contributed by atoms with E-state index in [2.05, 4.69) is 4.98 Å². The Bertz CT molecular complexity index is 648. The van der Waals surface area contributed by atoms with Crippen LogP contribution in [0.15, 0.2) is 30.5 Å². The van der Waals surface area contributed by atoms with Gasteiger partial charge in [-0.3, -0.25) is 14.5 Å². The smallest absolute Gasteiger partial charge is 0.261 e. The first-order chi connectivity index (χ1) is 9.58. The van der Waals surface area contributed by atoms with Crippen molar-refractivity contribution in [2.75, 3.05) is 6.54 Å². The molecule has 1 aromatic heterocycles. The number of carbonyl (C=O) groups is 2. The Hall–Kier alpha value is -2.43. The topological polar surface area (TPSA) is 55.2 Å². The lowest BCUT2D eigenvalue weighted by Gasteiger charge is -2.12. The van der Waals surface area contributed by atoms with Gasteiger partial charge in [0, 0.05) is 26.2 Å². The van der Waals surface area contributed by atoms with Crippen LogP contribution in [-0.4, -0.2) is 32.8 Å². The van der Waals surface area contributed by atoms with E-state index >= 15 is 0 Å². The van der Waals surface area contributed by atoms with Crippen LogP contribution < -0.4 is 0 Å². The quantitative estimate of drug-likeness (QED) is 0.795. The van der Waals surface area contributed by atoms with E-state index in [-0.39, 0.29) is 11.8 Å². The second kappa shape index (κ2) is 4.59. The number of hydrogen-bond donors (Lipinski definition) is 0. The minimum Gasteiger partial charge on any atom is -0.338 e. The Balaban J connectivity index is 1.77. The van der Waals surface area contributed by atoms with Crippen LogP contribution in [0.25, 0.3) is 0 Å². The summed E-state index contributed by atoms with van der Waals surface area (Å²) in [6.07, 6.45) is 2.50.